The van der Waals surface area contributed by atoms with Crippen molar-refractivity contribution in [2.75, 3.05) is 23.3 Å². The maximum absolute atomic E-state index is 12.3. The molecule has 1 aliphatic rings. The largest absolute Gasteiger partial charge is 0.471 e. The van der Waals surface area contributed by atoms with Gasteiger partial charge in [0.1, 0.15) is 0 Å². The molecule has 0 radical (unpaired) electrons. The fourth-order valence-corrected chi connectivity index (χ4v) is 2.30. The summed E-state index contributed by atoms with van der Waals surface area (Å²) in [5, 5.41) is 1.95. The SMILES string of the molecule is CC1CCN(c2ccccc2NC(=O)C(F)(F)F)CC1. The Morgan fingerprint density at radius 1 is 1.25 bits per heavy atom. The van der Waals surface area contributed by atoms with Gasteiger partial charge in [-0.15, -0.1) is 0 Å². The number of anilines is 2. The summed E-state index contributed by atoms with van der Waals surface area (Å²) in [6.07, 6.45) is -2.87. The molecule has 0 saturated carbocycles. The Balaban J connectivity index is 2.16. The molecule has 0 atom stereocenters. The number of hydrogen-bond acceptors (Lipinski definition) is 2. The molecule has 6 heteroatoms. The van der Waals surface area contributed by atoms with Crippen molar-refractivity contribution in [2.24, 2.45) is 5.92 Å². The highest BCUT2D eigenvalue weighted by Crippen LogP contribution is 2.30. The number of nitrogens with zero attached hydrogens (tertiary/aromatic N) is 1. The zero-order valence-electron chi connectivity index (χ0n) is 11.2. The quantitative estimate of drug-likeness (QED) is 0.903. The molecule has 0 spiro atoms. The molecule has 0 aliphatic carbocycles. The first-order valence-corrected chi connectivity index (χ1v) is 6.60. The number of carbonyl (C=O) groups excluding carboxylic acids is 1. The molecule has 0 bridgehead atoms. The fraction of sp³-hybridized carbons (Fsp3) is 0.500. The molecule has 1 saturated heterocycles. The molecule has 1 amide bonds. The summed E-state index contributed by atoms with van der Waals surface area (Å²) in [5.74, 6) is -1.31. The molecule has 1 fully saturated rings. The number of halogens is 3. The normalized spacial score (nSPS) is 17.1. The van der Waals surface area contributed by atoms with Gasteiger partial charge in [0.2, 0.25) is 0 Å². The van der Waals surface area contributed by atoms with Crippen LogP contribution in [0.3, 0.4) is 0 Å². The fourth-order valence-electron chi connectivity index (χ4n) is 2.30. The Bertz CT molecular complexity index is 480. The molecule has 0 aromatic heterocycles. The van der Waals surface area contributed by atoms with Gasteiger partial charge in [0.05, 0.1) is 11.4 Å². The standard InChI is InChI=1S/C14H17F3N2O/c1-10-6-8-19(9-7-10)12-5-3-2-4-11(12)18-13(20)14(15,16)17/h2-5,10H,6-9H2,1H3,(H,18,20). The summed E-state index contributed by atoms with van der Waals surface area (Å²) in [4.78, 5) is 13.1. The van der Waals surface area contributed by atoms with Gasteiger partial charge in [-0.2, -0.15) is 13.2 Å². The first-order valence-electron chi connectivity index (χ1n) is 6.60. The third-order valence-corrected chi connectivity index (χ3v) is 3.53. The van der Waals surface area contributed by atoms with Gasteiger partial charge >= 0.3 is 12.1 Å². The van der Waals surface area contributed by atoms with Crippen molar-refractivity contribution >= 4 is 17.3 Å². The average molecular weight is 286 g/mol. The summed E-state index contributed by atoms with van der Waals surface area (Å²) >= 11 is 0. The Labute approximate surface area is 115 Å². The topological polar surface area (TPSA) is 32.3 Å². The molecule has 1 heterocycles. The van der Waals surface area contributed by atoms with Crippen LogP contribution in [-0.2, 0) is 4.79 Å². The zero-order valence-corrected chi connectivity index (χ0v) is 11.2. The van der Waals surface area contributed by atoms with E-state index in [2.05, 4.69) is 6.92 Å². The van der Waals surface area contributed by atoms with Crippen molar-refractivity contribution in [1.29, 1.82) is 0 Å². The number of alkyl halides is 3. The monoisotopic (exact) mass is 286 g/mol. The average Bonchev–Trinajstić information content (AvgIpc) is 2.39. The zero-order chi connectivity index (χ0) is 14.8. The number of carbonyl (C=O) groups is 1. The summed E-state index contributed by atoms with van der Waals surface area (Å²) in [7, 11) is 0. The Kier molecular flexibility index (Phi) is 4.20. The summed E-state index contributed by atoms with van der Waals surface area (Å²) in [5.41, 5.74) is 0.862. The predicted molar refractivity (Wildman–Crippen MR) is 71.7 cm³/mol. The molecule has 20 heavy (non-hydrogen) atoms. The highest BCUT2D eigenvalue weighted by atomic mass is 19.4. The van der Waals surface area contributed by atoms with Gasteiger partial charge in [0.15, 0.2) is 0 Å². The predicted octanol–water partition coefficient (Wildman–Crippen LogP) is 3.42. The minimum Gasteiger partial charge on any atom is -0.370 e. The van der Waals surface area contributed by atoms with Crippen molar-refractivity contribution in [1.82, 2.24) is 0 Å². The van der Waals surface area contributed by atoms with Gasteiger partial charge < -0.3 is 10.2 Å². The van der Waals surface area contributed by atoms with Crippen LogP contribution in [0.1, 0.15) is 19.8 Å². The number of para-hydroxylation sites is 2. The lowest BCUT2D eigenvalue weighted by atomic mass is 9.98. The number of benzene rings is 1. The second kappa shape index (κ2) is 5.73. The first-order chi connectivity index (χ1) is 9.38. The van der Waals surface area contributed by atoms with Crippen LogP contribution in [0.2, 0.25) is 0 Å². The summed E-state index contributed by atoms with van der Waals surface area (Å²) in [6.45, 7) is 3.74. The lowest BCUT2D eigenvalue weighted by molar-refractivity contribution is -0.167. The smallest absolute Gasteiger partial charge is 0.370 e. The van der Waals surface area contributed by atoms with Crippen molar-refractivity contribution in [3.05, 3.63) is 24.3 Å². The van der Waals surface area contributed by atoms with Crippen LogP contribution in [0.25, 0.3) is 0 Å². The van der Waals surface area contributed by atoms with E-state index in [1.165, 1.54) is 6.07 Å². The molecule has 1 aromatic rings. The van der Waals surface area contributed by atoms with E-state index >= 15 is 0 Å². The molecule has 1 N–H and O–H groups in total. The van der Waals surface area contributed by atoms with E-state index in [9.17, 15) is 18.0 Å². The van der Waals surface area contributed by atoms with Crippen LogP contribution < -0.4 is 10.2 Å². The van der Waals surface area contributed by atoms with Crippen molar-refractivity contribution in [3.63, 3.8) is 0 Å². The van der Waals surface area contributed by atoms with Crippen LogP contribution in [0, 0.1) is 5.92 Å². The Hall–Kier alpha value is -1.72. The lowest BCUT2D eigenvalue weighted by Gasteiger charge is -2.33. The van der Waals surface area contributed by atoms with Crippen LogP contribution in [0.15, 0.2) is 24.3 Å². The van der Waals surface area contributed by atoms with Gasteiger partial charge in [0.25, 0.3) is 0 Å². The molecule has 0 unspecified atom stereocenters. The van der Waals surface area contributed by atoms with E-state index in [4.69, 9.17) is 0 Å². The van der Waals surface area contributed by atoms with Gasteiger partial charge in [-0.3, -0.25) is 4.79 Å². The number of rotatable bonds is 2. The van der Waals surface area contributed by atoms with E-state index in [1.54, 1.807) is 18.2 Å². The van der Waals surface area contributed by atoms with E-state index in [0.717, 1.165) is 25.9 Å². The molecule has 110 valence electrons. The second-order valence-electron chi connectivity index (χ2n) is 5.14. The first kappa shape index (κ1) is 14.7. The van der Waals surface area contributed by atoms with E-state index < -0.39 is 12.1 Å². The Morgan fingerprint density at radius 2 is 1.85 bits per heavy atom. The van der Waals surface area contributed by atoms with Crippen molar-refractivity contribution < 1.29 is 18.0 Å². The number of amides is 1. The maximum Gasteiger partial charge on any atom is 0.471 e. The van der Waals surface area contributed by atoms with Crippen molar-refractivity contribution in [3.8, 4) is 0 Å². The number of piperidine rings is 1. The van der Waals surface area contributed by atoms with Gasteiger partial charge in [0, 0.05) is 13.1 Å². The van der Waals surface area contributed by atoms with E-state index in [-0.39, 0.29) is 5.69 Å². The third-order valence-electron chi connectivity index (χ3n) is 3.53. The molecular weight excluding hydrogens is 269 g/mol. The minimum absolute atomic E-state index is 0.212. The van der Waals surface area contributed by atoms with Crippen LogP contribution in [0.4, 0.5) is 24.5 Å². The van der Waals surface area contributed by atoms with E-state index in [1.807, 2.05) is 10.2 Å². The van der Waals surface area contributed by atoms with Crippen LogP contribution in [0.5, 0.6) is 0 Å². The summed E-state index contributed by atoms with van der Waals surface area (Å²) in [6, 6.07) is 6.61. The number of hydrogen-bond donors (Lipinski definition) is 1. The van der Waals surface area contributed by atoms with Crippen LogP contribution >= 0.6 is 0 Å². The van der Waals surface area contributed by atoms with Gasteiger partial charge in [-0.25, -0.2) is 0 Å². The third kappa shape index (κ3) is 3.43. The molecular formula is C14H17F3N2O. The molecule has 2 rings (SSSR count). The van der Waals surface area contributed by atoms with Gasteiger partial charge in [-0.1, -0.05) is 19.1 Å². The lowest BCUT2D eigenvalue weighted by Crippen LogP contribution is -2.35. The van der Waals surface area contributed by atoms with E-state index in [0.29, 0.717) is 11.6 Å². The molecule has 1 aliphatic heterocycles. The van der Waals surface area contributed by atoms with Gasteiger partial charge in [-0.05, 0) is 30.9 Å². The maximum atomic E-state index is 12.3. The van der Waals surface area contributed by atoms with Crippen LogP contribution in [-0.4, -0.2) is 25.2 Å². The Morgan fingerprint density at radius 3 is 2.45 bits per heavy atom. The van der Waals surface area contributed by atoms with Crippen molar-refractivity contribution in [2.45, 2.75) is 25.9 Å². The summed E-state index contributed by atoms with van der Waals surface area (Å²) < 4.78 is 37.0. The highest BCUT2D eigenvalue weighted by molar-refractivity contribution is 5.97. The highest BCUT2D eigenvalue weighted by Gasteiger charge is 2.39. The number of nitrogens with one attached hydrogen (secondary N) is 1. The minimum atomic E-state index is -4.87. The molecule has 1 aromatic carbocycles. The second-order valence-corrected chi connectivity index (χ2v) is 5.14. The molecule has 3 nitrogen and oxygen atoms in total.